The number of benzene rings is 1. The summed E-state index contributed by atoms with van der Waals surface area (Å²) in [5, 5.41) is 0. The lowest BCUT2D eigenvalue weighted by Crippen LogP contribution is -2.18. The minimum absolute atomic E-state index is 0.167. The maximum Gasteiger partial charge on any atom is 0.133 e. The van der Waals surface area contributed by atoms with E-state index in [4.69, 9.17) is 4.74 Å². The molecule has 0 saturated heterocycles. The molecule has 0 radical (unpaired) electrons. The zero-order valence-corrected chi connectivity index (χ0v) is 15.5. The molecule has 0 amide bonds. The van der Waals surface area contributed by atoms with Gasteiger partial charge in [0.1, 0.15) is 5.75 Å². The average molecular weight is 392 g/mol. The van der Waals surface area contributed by atoms with Crippen molar-refractivity contribution in [3.63, 3.8) is 0 Å². The van der Waals surface area contributed by atoms with Crippen molar-refractivity contribution in [2.24, 2.45) is 0 Å². The largest absolute Gasteiger partial charge is 0.496 e. The predicted molar refractivity (Wildman–Crippen MR) is 90.2 cm³/mol. The topological polar surface area (TPSA) is 9.23 Å². The van der Waals surface area contributed by atoms with Crippen molar-refractivity contribution in [3.8, 4) is 5.75 Å². The highest BCUT2D eigenvalue weighted by molar-refractivity contribution is 9.11. The summed E-state index contributed by atoms with van der Waals surface area (Å²) in [5.74, 6) is 0.903. The normalized spacial score (nSPS) is 11.7. The van der Waals surface area contributed by atoms with Crippen molar-refractivity contribution in [2.75, 3.05) is 7.11 Å². The molecule has 0 atom stereocenters. The minimum Gasteiger partial charge on any atom is -0.496 e. The molecule has 0 heterocycles. The van der Waals surface area contributed by atoms with E-state index >= 15 is 0 Å². The van der Waals surface area contributed by atoms with Crippen LogP contribution in [-0.2, 0) is 5.41 Å². The van der Waals surface area contributed by atoms with E-state index < -0.39 is 0 Å². The second-order valence-electron chi connectivity index (χ2n) is 5.66. The second-order valence-corrected chi connectivity index (χ2v) is 7.37. The van der Waals surface area contributed by atoms with Gasteiger partial charge in [0, 0.05) is 4.47 Å². The molecule has 0 bridgehead atoms. The number of hydrogen-bond acceptors (Lipinski definition) is 1. The van der Waals surface area contributed by atoms with Crippen LogP contribution < -0.4 is 4.74 Å². The Balaban J connectivity index is 2.87. The first-order valence-corrected chi connectivity index (χ1v) is 8.54. The van der Waals surface area contributed by atoms with Crippen LogP contribution in [0.2, 0.25) is 0 Å². The van der Waals surface area contributed by atoms with Crippen molar-refractivity contribution >= 4 is 31.9 Å². The van der Waals surface area contributed by atoms with E-state index in [2.05, 4.69) is 64.8 Å². The zero-order valence-electron chi connectivity index (χ0n) is 12.4. The standard InChI is InChI=1S/C16H24Br2O/c1-5-6-7-8-9-16(2,3)12-10-15(19-4)14(18)11-13(12)17/h10-11H,5-9H2,1-4H3. The number of methoxy groups -OCH3 is 1. The predicted octanol–water partition coefficient (Wildman–Crippen LogP) is 6.47. The van der Waals surface area contributed by atoms with Crippen LogP contribution >= 0.6 is 31.9 Å². The Bertz CT molecular complexity index is 413. The van der Waals surface area contributed by atoms with Crippen molar-refractivity contribution in [1.29, 1.82) is 0 Å². The molecular formula is C16H24Br2O. The number of unbranched alkanes of at least 4 members (excludes halogenated alkanes) is 3. The van der Waals surface area contributed by atoms with Gasteiger partial charge in [-0.25, -0.2) is 0 Å². The molecule has 0 aromatic heterocycles. The summed E-state index contributed by atoms with van der Waals surface area (Å²) >= 11 is 7.21. The van der Waals surface area contributed by atoms with E-state index in [1.165, 1.54) is 37.7 Å². The first-order valence-electron chi connectivity index (χ1n) is 6.96. The molecule has 0 fully saturated rings. The van der Waals surface area contributed by atoms with Gasteiger partial charge in [-0.3, -0.25) is 0 Å². The number of halogens is 2. The van der Waals surface area contributed by atoms with E-state index in [0.29, 0.717) is 0 Å². The minimum atomic E-state index is 0.167. The Morgan fingerprint density at radius 3 is 2.32 bits per heavy atom. The lowest BCUT2D eigenvalue weighted by atomic mass is 9.80. The molecule has 0 aliphatic rings. The van der Waals surface area contributed by atoms with Gasteiger partial charge < -0.3 is 4.74 Å². The van der Waals surface area contributed by atoms with E-state index in [9.17, 15) is 0 Å². The van der Waals surface area contributed by atoms with Gasteiger partial charge in [0.25, 0.3) is 0 Å². The monoisotopic (exact) mass is 390 g/mol. The molecule has 3 heteroatoms. The van der Waals surface area contributed by atoms with E-state index in [-0.39, 0.29) is 5.41 Å². The molecular weight excluding hydrogens is 368 g/mol. The zero-order chi connectivity index (χ0) is 14.5. The third kappa shape index (κ3) is 4.78. The highest BCUT2D eigenvalue weighted by Gasteiger charge is 2.24. The Kier molecular flexibility index (Phi) is 6.89. The van der Waals surface area contributed by atoms with E-state index in [1.54, 1.807) is 7.11 Å². The molecule has 1 aromatic rings. The lowest BCUT2D eigenvalue weighted by Gasteiger charge is -2.27. The first-order chi connectivity index (χ1) is 8.92. The van der Waals surface area contributed by atoms with Crippen molar-refractivity contribution in [3.05, 3.63) is 26.6 Å². The van der Waals surface area contributed by atoms with Crippen LogP contribution in [0.1, 0.15) is 58.4 Å². The Morgan fingerprint density at radius 1 is 1.05 bits per heavy atom. The van der Waals surface area contributed by atoms with Gasteiger partial charge in [-0.2, -0.15) is 0 Å². The summed E-state index contributed by atoms with van der Waals surface area (Å²) in [6, 6.07) is 4.23. The maximum absolute atomic E-state index is 5.41. The van der Waals surface area contributed by atoms with Gasteiger partial charge >= 0.3 is 0 Å². The second kappa shape index (κ2) is 7.68. The first kappa shape index (κ1) is 17.0. The van der Waals surface area contributed by atoms with Gasteiger partial charge in [-0.15, -0.1) is 0 Å². The summed E-state index contributed by atoms with van der Waals surface area (Å²) in [6.45, 7) is 6.88. The van der Waals surface area contributed by atoms with Gasteiger partial charge in [0.15, 0.2) is 0 Å². The van der Waals surface area contributed by atoms with Crippen LogP contribution in [0.5, 0.6) is 5.75 Å². The maximum atomic E-state index is 5.41. The third-order valence-corrected chi connectivity index (χ3v) is 4.90. The van der Waals surface area contributed by atoms with Crippen LogP contribution in [0, 0.1) is 0 Å². The summed E-state index contributed by atoms with van der Waals surface area (Å²) in [6.07, 6.45) is 6.43. The summed E-state index contributed by atoms with van der Waals surface area (Å²) in [7, 11) is 1.71. The average Bonchev–Trinajstić information content (AvgIpc) is 2.34. The molecule has 1 nitrogen and oxygen atoms in total. The molecule has 19 heavy (non-hydrogen) atoms. The summed E-state index contributed by atoms with van der Waals surface area (Å²) in [4.78, 5) is 0. The fourth-order valence-electron chi connectivity index (χ4n) is 2.33. The lowest BCUT2D eigenvalue weighted by molar-refractivity contribution is 0.404. The molecule has 0 aliphatic carbocycles. The van der Waals surface area contributed by atoms with Crippen molar-refractivity contribution < 1.29 is 4.74 Å². The fraction of sp³-hybridized carbons (Fsp3) is 0.625. The molecule has 0 aliphatic heterocycles. The highest BCUT2D eigenvalue weighted by atomic mass is 79.9. The number of hydrogen-bond donors (Lipinski definition) is 0. The molecule has 0 unspecified atom stereocenters. The smallest absolute Gasteiger partial charge is 0.133 e. The molecule has 0 saturated carbocycles. The molecule has 0 N–H and O–H groups in total. The Labute approximate surface area is 134 Å². The van der Waals surface area contributed by atoms with Crippen LogP contribution in [0.3, 0.4) is 0 Å². The van der Waals surface area contributed by atoms with E-state index in [0.717, 1.165) is 14.7 Å². The molecule has 108 valence electrons. The van der Waals surface area contributed by atoms with Crippen molar-refractivity contribution in [2.45, 2.75) is 58.3 Å². The Morgan fingerprint density at radius 2 is 1.74 bits per heavy atom. The van der Waals surface area contributed by atoms with Gasteiger partial charge in [0.05, 0.1) is 11.6 Å². The van der Waals surface area contributed by atoms with E-state index in [1.807, 2.05) is 0 Å². The van der Waals surface area contributed by atoms with Gasteiger partial charge in [-0.05, 0) is 45.5 Å². The van der Waals surface area contributed by atoms with Crippen LogP contribution in [0.25, 0.3) is 0 Å². The SMILES string of the molecule is CCCCCCC(C)(C)c1cc(OC)c(Br)cc1Br. The summed E-state index contributed by atoms with van der Waals surface area (Å²) in [5.41, 5.74) is 1.49. The fourth-order valence-corrected chi connectivity index (χ4v) is 4.03. The number of ether oxygens (including phenoxy) is 1. The van der Waals surface area contributed by atoms with Crippen molar-refractivity contribution in [1.82, 2.24) is 0 Å². The molecule has 0 spiro atoms. The van der Waals surface area contributed by atoms with Gasteiger partial charge in [0.2, 0.25) is 0 Å². The van der Waals surface area contributed by atoms with Crippen LogP contribution in [0.4, 0.5) is 0 Å². The van der Waals surface area contributed by atoms with Crippen LogP contribution in [0.15, 0.2) is 21.1 Å². The van der Waals surface area contributed by atoms with Crippen LogP contribution in [-0.4, -0.2) is 7.11 Å². The summed E-state index contributed by atoms with van der Waals surface area (Å²) < 4.78 is 7.56. The third-order valence-electron chi connectivity index (χ3n) is 3.63. The molecule has 1 aromatic carbocycles. The Hall–Kier alpha value is -0.0200. The quantitative estimate of drug-likeness (QED) is 0.484. The van der Waals surface area contributed by atoms with Gasteiger partial charge in [-0.1, -0.05) is 62.4 Å². The highest BCUT2D eigenvalue weighted by Crippen LogP contribution is 2.39. The molecule has 1 rings (SSSR count). The number of rotatable bonds is 7.